The summed E-state index contributed by atoms with van der Waals surface area (Å²) < 4.78 is 0. The van der Waals surface area contributed by atoms with E-state index in [1.54, 1.807) is 0 Å². The van der Waals surface area contributed by atoms with Gasteiger partial charge in [-0.25, -0.2) is 0 Å². The van der Waals surface area contributed by atoms with E-state index in [1.165, 1.54) is 0 Å². The number of aliphatic hydroxyl groups is 1. The number of hydrogen-bond acceptors (Lipinski definition) is 1. The molecule has 0 heterocycles. The Hall–Kier alpha value is 1.20. The normalized spacial score (nSPS) is 6.67. The summed E-state index contributed by atoms with van der Waals surface area (Å²) in [7, 11) is 9.63. The Balaban J connectivity index is 0. The van der Waals surface area contributed by atoms with Crippen LogP contribution in [0.5, 0.6) is 0 Å². The van der Waals surface area contributed by atoms with Crippen molar-refractivity contribution in [3.8, 4) is 0 Å². The van der Waals surface area contributed by atoms with Crippen molar-refractivity contribution in [2.24, 2.45) is 0 Å². The van der Waals surface area contributed by atoms with Crippen molar-refractivity contribution in [1.29, 1.82) is 0 Å². The molecule has 0 aromatic heterocycles. The van der Waals surface area contributed by atoms with Gasteiger partial charge in [0.1, 0.15) is 0 Å². The molecule has 0 saturated heterocycles. The van der Waals surface area contributed by atoms with Crippen LogP contribution in [0.25, 0.3) is 0 Å². The van der Waals surface area contributed by atoms with Crippen molar-refractivity contribution in [3.05, 3.63) is 6.92 Å². The first-order valence-electron chi connectivity index (χ1n) is 1.06. The van der Waals surface area contributed by atoms with Gasteiger partial charge in [0, 0.05) is 0 Å². The Morgan fingerprint density at radius 1 is 1.67 bits per heavy atom. The maximum atomic E-state index is 7.46. The van der Waals surface area contributed by atoms with Gasteiger partial charge >= 0.3 is 35.0 Å². The number of hydrogen-bond donors (Lipinski definition) is 1. The molecule has 0 radical (unpaired) electrons. The predicted molar refractivity (Wildman–Crippen MR) is 24.1 cm³/mol. The summed E-state index contributed by atoms with van der Waals surface area (Å²) >= 11 is -0.106. The molecule has 0 aromatic carbocycles. The minimum atomic E-state index is -0.106. The summed E-state index contributed by atoms with van der Waals surface area (Å²) in [4.78, 5) is 0. The Kier molecular flexibility index (Phi) is 27.9. The molecule has 0 aromatic rings. The van der Waals surface area contributed by atoms with E-state index in [0.717, 1.165) is 0 Å². The van der Waals surface area contributed by atoms with Gasteiger partial charge in [-0.15, -0.1) is 0 Å². The first-order valence-corrected chi connectivity index (χ1v) is 5.06. The van der Waals surface area contributed by atoms with E-state index >= 15 is 0 Å². The summed E-state index contributed by atoms with van der Waals surface area (Å²) in [5.41, 5.74) is 0. The maximum absolute atomic E-state index is 7.46. The topological polar surface area (TPSA) is 20.2 Å². The van der Waals surface area contributed by atoms with Crippen LogP contribution in [-0.2, 0) is 15.9 Å². The van der Waals surface area contributed by atoms with E-state index < -0.39 is 0 Å². The van der Waals surface area contributed by atoms with Crippen LogP contribution in [0.15, 0.2) is 0 Å². The van der Waals surface area contributed by atoms with Crippen LogP contribution >= 0.6 is 19.1 Å². The predicted octanol–water partition coefficient (Wildman–Crippen LogP) is 1.19. The molecule has 0 aliphatic rings. The van der Waals surface area contributed by atoms with Crippen molar-refractivity contribution in [1.82, 2.24) is 0 Å². The van der Waals surface area contributed by atoms with Gasteiger partial charge in [0.05, 0.1) is 0 Å². The van der Waals surface area contributed by atoms with Crippen LogP contribution in [0.2, 0.25) is 0 Å². The Morgan fingerprint density at radius 3 is 1.67 bits per heavy atom. The monoisotopic (exact) mass is 221 g/mol. The quantitative estimate of drug-likeness (QED) is 0.482. The van der Waals surface area contributed by atoms with Crippen molar-refractivity contribution in [2.75, 3.05) is 6.61 Å². The molecule has 0 aliphatic carbocycles. The van der Waals surface area contributed by atoms with E-state index in [2.05, 4.69) is 6.92 Å². The number of rotatable bonds is 0. The standard InChI is InChI=1S/C2H5O.2ClH.Pd/c1-2-3;;;/h3H,1-2H2;2*1H;/q-1;;;+2/p-2. The van der Waals surface area contributed by atoms with Crippen molar-refractivity contribution in [2.45, 2.75) is 0 Å². The van der Waals surface area contributed by atoms with Crippen LogP contribution in [0.1, 0.15) is 0 Å². The summed E-state index contributed by atoms with van der Waals surface area (Å²) in [6.07, 6.45) is 0. The second-order valence-electron chi connectivity index (χ2n) is 0.269. The summed E-state index contributed by atoms with van der Waals surface area (Å²) in [6.45, 7) is 3.04. The van der Waals surface area contributed by atoms with E-state index in [4.69, 9.17) is 24.2 Å². The first kappa shape index (κ1) is 10.2. The molecule has 0 rings (SSSR count). The van der Waals surface area contributed by atoms with Gasteiger partial charge < -0.3 is 12.0 Å². The average Bonchev–Trinajstić information content (AvgIpc) is 1.39. The van der Waals surface area contributed by atoms with Crippen LogP contribution in [0.3, 0.4) is 0 Å². The summed E-state index contributed by atoms with van der Waals surface area (Å²) in [5.74, 6) is 0. The molecule has 0 spiro atoms. The zero-order valence-electron chi connectivity index (χ0n) is 2.93. The van der Waals surface area contributed by atoms with E-state index in [1.807, 2.05) is 0 Å². The third-order valence-corrected chi connectivity index (χ3v) is 0. The number of aliphatic hydroxyl groups excluding tert-OH is 1. The number of halogens is 2. The fourth-order valence-electron chi connectivity index (χ4n) is 0. The molecule has 4 heteroatoms. The van der Waals surface area contributed by atoms with Gasteiger partial charge in [0.2, 0.25) is 0 Å². The summed E-state index contributed by atoms with van der Waals surface area (Å²) in [6, 6.07) is 0. The first-order chi connectivity index (χ1) is 2.83. The minimum absolute atomic E-state index is 0. The van der Waals surface area contributed by atoms with Crippen LogP contribution < -0.4 is 0 Å². The molecule has 0 aliphatic heterocycles. The fraction of sp³-hybridized carbons (Fsp3) is 0.500. The zero-order valence-corrected chi connectivity index (χ0v) is 6.00. The van der Waals surface area contributed by atoms with Gasteiger partial charge in [-0.1, -0.05) is 6.61 Å². The van der Waals surface area contributed by atoms with Gasteiger partial charge in [-0.05, 0) is 0 Å². The molecular weight excluding hydrogens is 217 g/mol. The molecule has 0 fully saturated rings. The van der Waals surface area contributed by atoms with Crippen LogP contribution in [-0.4, -0.2) is 11.7 Å². The molecule has 1 nitrogen and oxygen atoms in total. The molecule has 0 saturated carbocycles. The second kappa shape index (κ2) is 16.4. The third-order valence-electron chi connectivity index (χ3n) is 0. The van der Waals surface area contributed by atoms with Gasteiger partial charge in [-0.2, -0.15) is 0 Å². The van der Waals surface area contributed by atoms with Crippen LogP contribution in [0.4, 0.5) is 0 Å². The molecule has 0 atom stereocenters. The van der Waals surface area contributed by atoms with Gasteiger partial charge in [-0.3, -0.25) is 0 Å². The molecule has 0 unspecified atom stereocenters. The Bertz CT molecular complexity index is 13.5. The zero-order chi connectivity index (χ0) is 5.41. The van der Waals surface area contributed by atoms with Crippen molar-refractivity contribution in [3.63, 3.8) is 0 Å². The van der Waals surface area contributed by atoms with E-state index in [-0.39, 0.29) is 22.5 Å². The van der Waals surface area contributed by atoms with Crippen LogP contribution in [0, 0.1) is 6.92 Å². The third kappa shape index (κ3) is 63.6. The molecular formula is C2H5Cl2OPd-. The van der Waals surface area contributed by atoms with Gasteiger partial charge in [0.25, 0.3) is 0 Å². The van der Waals surface area contributed by atoms with Crippen molar-refractivity contribution >= 4 is 19.1 Å². The SMILES string of the molecule is [CH2-]CO.[Cl][Pd][Cl]. The molecule has 1 N–H and O–H groups in total. The fourth-order valence-corrected chi connectivity index (χ4v) is 0. The Labute approximate surface area is 53.7 Å². The van der Waals surface area contributed by atoms with Crippen molar-refractivity contribution < 1.29 is 21.0 Å². The summed E-state index contributed by atoms with van der Waals surface area (Å²) in [5, 5.41) is 7.46. The van der Waals surface area contributed by atoms with E-state index in [0.29, 0.717) is 0 Å². The van der Waals surface area contributed by atoms with E-state index in [9.17, 15) is 0 Å². The second-order valence-corrected chi connectivity index (χ2v) is 2.63. The molecule has 0 bridgehead atoms. The Morgan fingerprint density at radius 2 is 1.67 bits per heavy atom. The molecule has 44 valence electrons. The van der Waals surface area contributed by atoms with Gasteiger partial charge in [0.15, 0.2) is 0 Å². The molecule has 0 amide bonds. The average molecular weight is 222 g/mol. The molecule has 6 heavy (non-hydrogen) atoms.